The van der Waals surface area contributed by atoms with Crippen LogP contribution in [0.3, 0.4) is 0 Å². The second kappa shape index (κ2) is 6.57. The zero-order chi connectivity index (χ0) is 14.4. The van der Waals surface area contributed by atoms with Crippen molar-refractivity contribution >= 4 is 12.0 Å². The number of carboxylic acids is 1. The Morgan fingerprint density at radius 2 is 1.95 bits per heavy atom. The van der Waals surface area contributed by atoms with Crippen molar-refractivity contribution in [3.05, 3.63) is 71.3 Å². The van der Waals surface area contributed by atoms with Crippen LogP contribution in [0.4, 0.5) is 0 Å². The number of aryl methyl sites for hydroxylation is 1. The first kappa shape index (κ1) is 13.9. The first-order chi connectivity index (χ1) is 9.65. The standard InChI is InChI=1S/C17H16O3/c1-13-7-9-16(11-15(13)8-10-17(18)19)20-12-14-5-3-2-4-6-14/h2-11H,12H2,1H3,(H,18,19)/b10-8+. The average Bonchev–Trinajstić information content (AvgIpc) is 2.46. The normalized spacial score (nSPS) is 10.7. The molecule has 2 rings (SSSR count). The summed E-state index contributed by atoms with van der Waals surface area (Å²) in [7, 11) is 0. The molecule has 3 heteroatoms. The SMILES string of the molecule is Cc1ccc(OCc2ccccc2)cc1/C=C/C(=O)O. The Morgan fingerprint density at radius 3 is 2.65 bits per heavy atom. The fourth-order valence-electron chi connectivity index (χ4n) is 1.79. The molecular formula is C17H16O3. The van der Waals surface area contributed by atoms with Crippen LogP contribution in [0.2, 0.25) is 0 Å². The number of aliphatic carboxylic acids is 1. The summed E-state index contributed by atoms with van der Waals surface area (Å²) in [4.78, 5) is 10.6. The predicted molar refractivity (Wildman–Crippen MR) is 78.6 cm³/mol. The molecule has 0 aliphatic carbocycles. The number of benzene rings is 2. The summed E-state index contributed by atoms with van der Waals surface area (Å²) in [5.74, 6) is -0.232. The van der Waals surface area contributed by atoms with Crippen molar-refractivity contribution in [2.75, 3.05) is 0 Å². The molecule has 2 aromatic carbocycles. The third-order valence-corrected chi connectivity index (χ3v) is 2.90. The van der Waals surface area contributed by atoms with Crippen LogP contribution in [0.5, 0.6) is 5.75 Å². The van der Waals surface area contributed by atoms with Crippen LogP contribution in [0, 0.1) is 6.92 Å². The molecule has 0 saturated carbocycles. The summed E-state index contributed by atoms with van der Waals surface area (Å²) in [5.41, 5.74) is 2.95. The quantitative estimate of drug-likeness (QED) is 0.841. The van der Waals surface area contributed by atoms with Gasteiger partial charge in [0.2, 0.25) is 0 Å². The molecule has 0 aliphatic rings. The maximum absolute atomic E-state index is 10.6. The van der Waals surface area contributed by atoms with E-state index in [1.807, 2.05) is 55.5 Å². The highest BCUT2D eigenvalue weighted by molar-refractivity contribution is 5.85. The molecule has 2 aromatic rings. The molecule has 0 fully saturated rings. The number of carboxylic acid groups (broad SMARTS) is 1. The smallest absolute Gasteiger partial charge is 0.328 e. The monoisotopic (exact) mass is 268 g/mol. The lowest BCUT2D eigenvalue weighted by Crippen LogP contribution is -1.96. The molecule has 0 radical (unpaired) electrons. The molecule has 20 heavy (non-hydrogen) atoms. The van der Waals surface area contributed by atoms with E-state index in [0.717, 1.165) is 28.5 Å². The van der Waals surface area contributed by atoms with Gasteiger partial charge in [0.1, 0.15) is 12.4 Å². The highest BCUT2D eigenvalue weighted by atomic mass is 16.5. The van der Waals surface area contributed by atoms with Crippen LogP contribution in [0.1, 0.15) is 16.7 Å². The lowest BCUT2D eigenvalue weighted by molar-refractivity contribution is -0.131. The fourth-order valence-corrected chi connectivity index (χ4v) is 1.79. The molecule has 0 atom stereocenters. The summed E-state index contributed by atoms with van der Waals surface area (Å²) in [6.45, 7) is 2.43. The second-order valence-corrected chi connectivity index (χ2v) is 4.46. The molecule has 0 bridgehead atoms. The number of hydrogen-bond acceptors (Lipinski definition) is 2. The summed E-state index contributed by atoms with van der Waals surface area (Å²) in [6.07, 6.45) is 2.70. The fraction of sp³-hybridized carbons (Fsp3) is 0.118. The molecule has 1 N–H and O–H groups in total. The Labute approximate surface area is 118 Å². The van der Waals surface area contributed by atoms with E-state index in [2.05, 4.69) is 0 Å². The van der Waals surface area contributed by atoms with Crippen molar-refractivity contribution in [2.24, 2.45) is 0 Å². The maximum Gasteiger partial charge on any atom is 0.328 e. The van der Waals surface area contributed by atoms with Crippen LogP contribution in [0.15, 0.2) is 54.6 Å². The van der Waals surface area contributed by atoms with Crippen molar-refractivity contribution in [1.82, 2.24) is 0 Å². The summed E-state index contributed by atoms with van der Waals surface area (Å²) >= 11 is 0. The molecular weight excluding hydrogens is 252 g/mol. The topological polar surface area (TPSA) is 46.5 Å². The number of rotatable bonds is 5. The van der Waals surface area contributed by atoms with Gasteiger partial charge in [-0.3, -0.25) is 0 Å². The van der Waals surface area contributed by atoms with Crippen LogP contribution >= 0.6 is 0 Å². The third-order valence-electron chi connectivity index (χ3n) is 2.90. The Balaban J connectivity index is 2.09. The maximum atomic E-state index is 10.6. The van der Waals surface area contributed by atoms with E-state index in [0.29, 0.717) is 6.61 Å². The van der Waals surface area contributed by atoms with E-state index in [1.165, 1.54) is 0 Å². The first-order valence-electron chi connectivity index (χ1n) is 6.33. The van der Waals surface area contributed by atoms with Crippen molar-refractivity contribution in [3.8, 4) is 5.75 Å². The van der Waals surface area contributed by atoms with E-state index in [4.69, 9.17) is 9.84 Å². The minimum Gasteiger partial charge on any atom is -0.489 e. The molecule has 3 nitrogen and oxygen atoms in total. The van der Waals surface area contributed by atoms with Crippen LogP contribution in [0.25, 0.3) is 6.08 Å². The zero-order valence-corrected chi connectivity index (χ0v) is 11.2. The number of ether oxygens (including phenoxy) is 1. The van der Waals surface area contributed by atoms with E-state index in [-0.39, 0.29) is 0 Å². The first-order valence-corrected chi connectivity index (χ1v) is 6.33. The van der Waals surface area contributed by atoms with Gasteiger partial charge in [-0.15, -0.1) is 0 Å². The van der Waals surface area contributed by atoms with Gasteiger partial charge in [-0.05, 0) is 41.8 Å². The van der Waals surface area contributed by atoms with Gasteiger partial charge in [0.15, 0.2) is 0 Å². The summed E-state index contributed by atoms with van der Waals surface area (Å²) in [5, 5.41) is 8.67. The van der Waals surface area contributed by atoms with Gasteiger partial charge in [-0.1, -0.05) is 36.4 Å². The molecule has 0 spiro atoms. The minimum absolute atomic E-state index is 0.492. The van der Waals surface area contributed by atoms with Gasteiger partial charge in [0.25, 0.3) is 0 Å². The molecule has 0 unspecified atom stereocenters. The average molecular weight is 268 g/mol. The number of carbonyl (C=O) groups is 1. The van der Waals surface area contributed by atoms with Gasteiger partial charge in [-0.25, -0.2) is 4.79 Å². The second-order valence-electron chi connectivity index (χ2n) is 4.46. The van der Waals surface area contributed by atoms with E-state index in [9.17, 15) is 4.79 Å². The third kappa shape index (κ3) is 3.99. The van der Waals surface area contributed by atoms with Crippen molar-refractivity contribution in [3.63, 3.8) is 0 Å². The molecule has 0 aromatic heterocycles. The van der Waals surface area contributed by atoms with E-state index >= 15 is 0 Å². The largest absolute Gasteiger partial charge is 0.489 e. The summed E-state index contributed by atoms with van der Waals surface area (Å²) in [6, 6.07) is 15.5. The molecule has 102 valence electrons. The van der Waals surface area contributed by atoms with Crippen molar-refractivity contribution in [1.29, 1.82) is 0 Å². The van der Waals surface area contributed by atoms with Gasteiger partial charge in [0, 0.05) is 6.08 Å². The summed E-state index contributed by atoms with van der Waals surface area (Å²) < 4.78 is 5.71. The van der Waals surface area contributed by atoms with Crippen molar-refractivity contribution in [2.45, 2.75) is 13.5 Å². The van der Waals surface area contributed by atoms with Gasteiger partial charge in [0.05, 0.1) is 0 Å². The minimum atomic E-state index is -0.958. The number of hydrogen-bond donors (Lipinski definition) is 1. The van der Waals surface area contributed by atoms with Crippen molar-refractivity contribution < 1.29 is 14.6 Å². The van der Waals surface area contributed by atoms with E-state index < -0.39 is 5.97 Å². The lowest BCUT2D eigenvalue weighted by Gasteiger charge is -2.08. The van der Waals surface area contributed by atoms with Crippen LogP contribution in [-0.2, 0) is 11.4 Å². The lowest BCUT2D eigenvalue weighted by atomic mass is 10.1. The van der Waals surface area contributed by atoms with Crippen LogP contribution in [-0.4, -0.2) is 11.1 Å². The zero-order valence-electron chi connectivity index (χ0n) is 11.2. The highest BCUT2D eigenvalue weighted by Crippen LogP contribution is 2.19. The Morgan fingerprint density at radius 1 is 1.20 bits per heavy atom. The Bertz CT molecular complexity index is 615. The highest BCUT2D eigenvalue weighted by Gasteiger charge is 2.00. The van der Waals surface area contributed by atoms with Gasteiger partial charge < -0.3 is 9.84 Å². The van der Waals surface area contributed by atoms with Gasteiger partial charge in [-0.2, -0.15) is 0 Å². The van der Waals surface area contributed by atoms with Gasteiger partial charge >= 0.3 is 5.97 Å². The predicted octanol–water partition coefficient (Wildman–Crippen LogP) is 3.67. The molecule has 0 amide bonds. The molecule has 0 aliphatic heterocycles. The Hall–Kier alpha value is -2.55. The van der Waals surface area contributed by atoms with Crippen LogP contribution < -0.4 is 4.74 Å². The molecule has 0 heterocycles. The molecule has 0 saturated heterocycles. The van der Waals surface area contributed by atoms with E-state index in [1.54, 1.807) is 6.08 Å². The Kier molecular flexibility index (Phi) is 4.56.